The summed E-state index contributed by atoms with van der Waals surface area (Å²) in [6.07, 6.45) is 0. The van der Waals surface area contributed by atoms with E-state index in [1.54, 1.807) is 18.2 Å². The number of anilines is 1. The monoisotopic (exact) mass is 233 g/mol. The molecule has 2 aromatic rings. The van der Waals surface area contributed by atoms with Crippen LogP contribution in [-0.4, -0.2) is 0 Å². The highest BCUT2D eigenvalue weighted by atomic mass is 35.5. The Morgan fingerprint density at radius 1 is 1.12 bits per heavy atom. The summed E-state index contributed by atoms with van der Waals surface area (Å²) in [7, 11) is 0. The second kappa shape index (κ2) is 4.45. The number of rotatable bonds is 2. The summed E-state index contributed by atoms with van der Waals surface area (Å²) in [6.45, 7) is 1.99. The van der Waals surface area contributed by atoms with Crippen molar-refractivity contribution in [2.75, 3.05) is 5.73 Å². The van der Waals surface area contributed by atoms with Gasteiger partial charge in [0.25, 0.3) is 0 Å². The number of aryl methyl sites for hydroxylation is 1. The van der Waals surface area contributed by atoms with Crippen molar-refractivity contribution in [3.63, 3.8) is 0 Å². The first-order chi connectivity index (χ1) is 7.65. The molecular formula is C13H12ClNO. The Kier molecular flexibility index (Phi) is 3.02. The predicted octanol–water partition coefficient (Wildman–Crippen LogP) is 4.02. The third kappa shape index (κ3) is 2.47. The Morgan fingerprint density at radius 3 is 2.56 bits per heavy atom. The molecule has 2 aromatic carbocycles. The second-order valence-electron chi connectivity index (χ2n) is 3.59. The Bertz CT molecular complexity index is 491. The van der Waals surface area contributed by atoms with Gasteiger partial charge in [0, 0.05) is 16.8 Å². The number of hydrogen-bond acceptors (Lipinski definition) is 2. The standard InChI is InChI=1S/C13H12ClNO/c1-9-4-2-3-5-13(9)16-12-7-10(14)6-11(15)8-12/h2-8H,15H2,1H3. The van der Waals surface area contributed by atoms with Crippen LogP contribution in [0.4, 0.5) is 5.69 Å². The minimum Gasteiger partial charge on any atom is -0.457 e. The maximum absolute atomic E-state index is 5.90. The number of ether oxygens (including phenoxy) is 1. The molecule has 0 atom stereocenters. The highest BCUT2D eigenvalue weighted by molar-refractivity contribution is 6.31. The highest BCUT2D eigenvalue weighted by Crippen LogP contribution is 2.28. The number of para-hydroxylation sites is 1. The molecule has 0 spiro atoms. The highest BCUT2D eigenvalue weighted by Gasteiger charge is 2.02. The third-order valence-electron chi connectivity index (χ3n) is 2.22. The van der Waals surface area contributed by atoms with Crippen LogP contribution in [0.2, 0.25) is 5.02 Å². The lowest BCUT2D eigenvalue weighted by atomic mass is 10.2. The molecule has 0 unspecified atom stereocenters. The van der Waals surface area contributed by atoms with Gasteiger partial charge in [0.1, 0.15) is 11.5 Å². The van der Waals surface area contributed by atoms with Crippen molar-refractivity contribution in [1.29, 1.82) is 0 Å². The molecule has 2 N–H and O–H groups in total. The van der Waals surface area contributed by atoms with E-state index in [0.29, 0.717) is 16.5 Å². The van der Waals surface area contributed by atoms with Crippen LogP contribution >= 0.6 is 11.6 Å². The Hall–Kier alpha value is -1.67. The fourth-order valence-corrected chi connectivity index (χ4v) is 1.67. The smallest absolute Gasteiger partial charge is 0.130 e. The molecule has 0 aromatic heterocycles. The molecule has 2 rings (SSSR count). The van der Waals surface area contributed by atoms with E-state index in [9.17, 15) is 0 Å². The van der Waals surface area contributed by atoms with E-state index in [0.717, 1.165) is 11.3 Å². The van der Waals surface area contributed by atoms with Gasteiger partial charge in [0.15, 0.2) is 0 Å². The molecule has 2 nitrogen and oxygen atoms in total. The van der Waals surface area contributed by atoms with Crippen molar-refractivity contribution in [1.82, 2.24) is 0 Å². The Morgan fingerprint density at radius 2 is 1.88 bits per heavy atom. The van der Waals surface area contributed by atoms with Crippen molar-refractivity contribution in [3.05, 3.63) is 53.1 Å². The molecule has 0 aliphatic heterocycles. The van der Waals surface area contributed by atoms with Crippen molar-refractivity contribution in [3.8, 4) is 11.5 Å². The van der Waals surface area contributed by atoms with Crippen LogP contribution in [0.25, 0.3) is 0 Å². The topological polar surface area (TPSA) is 35.2 Å². The molecule has 0 bridgehead atoms. The van der Waals surface area contributed by atoms with Gasteiger partial charge in [0.05, 0.1) is 0 Å². The minimum absolute atomic E-state index is 0.573. The van der Waals surface area contributed by atoms with E-state index in [1.807, 2.05) is 31.2 Å². The molecule has 0 aliphatic rings. The van der Waals surface area contributed by atoms with Crippen molar-refractivity contribution >= 4 is 17.3 Å². The molecule has 0 saturated carbocycles. The summed E-state index contributed by atoms with van der Waals surface area (Å²) in [5.74, 6) is 1.46. The van der Waals surface area contributed by atoms with Gasteiger partial charge in [-0.2, -0.15) is 0 Å². The molecule has 16 heavy (non-hydrogen) atoms. The van der Waals surface area contributed by atoms with E-state index in [1.165, 1.54) is 0 Å². The zero-order valence-electron chi connectivity index (χ0n) is 8.91. The Labute approximate surface area is 99.6 Å². The van der Waals surface area contributed by atoms with Gasteiger partial charge in [-0.15, -0.1) is 0 Å². The van der Waals surface area contributed by atoms with Gasteiger partial charge in [0.2, 0.25) is 0 Å². The van der Waals surface area contributed by atoms with Gasteiger partial charge < -0.3 is 10.5 Å². The average Bonchev–Trinajstić information content (AvgIpc) is 2.20. The fourth-order valence-electron chi connectivity index (χ4n) is 1.44. The van der Waals surface area contributed by atoms with Crippen LogP contribution < -0.4 is 10.5 Å². The lowest BCUT2D eigenvalue weighted by molar-refractivity contribution is 0.479. The number of nitrogens with two attached hydrogens (primary N) is 1. The molecule has 3 heteroatoms. The summed E-state index contributed by atoms with van der Waals surface area (Å²) >= 11 is 5.90. The predicted molar refractivity (Wildman–Crippen MR) is 67.1 cm³/mol. The first-order valence-corrected chi connectivity index (χ1v) is 5.32. The van der Waals surface area contributed by atoms with Gasteiger partial charge in [-0.3, -0.25) is 0 Å². The molecule has 0 radical (unpaired) electrons. The van der Waals surface area contributed by atoms with Gasteiger partial charge in [-0.05, 0) is 30.7 Å². The second-order valence-corrected chi connectivity index (χ2v) is 4.02. The fraction of sp³-hybridized carbons (Fsp3) is 0.0769. The first kappa shape index (κ1) is 10.8. The third-order valence-corrected chi connectivity index (χ3v) is 2.43. The number of nitrogen functional groups attached to an aromatic ring is 1. The molecule has 0 aliphatic carbocycles. The van der Waals surface area contributed by atoms with E-state index in [-0.39, 0.29) is 0 Å². The zero-order chi connectivity index (χ0) is 11.5. The summed E-state index contributed by atoms with van der Waals surface area (Å²) in [5, 5.41) is 0.573. The van der Waals surface area contributed by atoms with Crippen molar-refractivity contribution < 1.29 is 4.74 Å². The van der Waals surface area contributed by atoms with E-state index >= 15 is 0 Å². The first-order valence-electron chi connectivity index (χ1n) is 4.95. The van der Waals surface area contributed by atoms with Crippen LogP contribution in [-0.2, 0) is 0 Å². The molecule has 0 heterocycles. The molecule has 0 fully saturated rings. The number of halogens is 1. The van der Waals surface area contributed by atoms with Crippen LogP contribution in [0.3, 0.4) is 0 Å². The molecule has 0 saturated heterocycles. The van der Waals surface area contributed by atoms with Crippen molar-refractivity contribution in [2.24, 2.45) is 0 Å². The lowest BCUT2D eigenvalue weighted by Crippen LogP contribution is -1.90. The van der Waals surface area contributed by atoms with Crippen molar-refractivity contribution in [2.45, 2.75) is 6.92 Å². The summed E-state index contributed by atoms with van der Waals surface area (Å²) in [4.78, 5) is 0. The van der Waals surface area contributed by atoms with Crippen LogP contribution in [0.1, 0.15) is 5.56 Å². The molecule has 0 amide bonds. The maximum atomic E-state index is 5.90. The average molecular weight is 234 g/mol. The van der Waals surface area contributed by atoms with Gasteiger partial charge in [-0.25, -0.2) is 0 Å². The summed E-state index contributed by atoms with van der Waals surface area (Å²) in [6, 6.07) is 13.0. The molecular weight excluding hydrogens is 222 g/mol. The maximum Gasteiger partial charge on any atom is 0.130 e. The van der Waals surface area contributed by atoms with E-state index < -0.39 is 0 Å². The summed E-state index contributed by atoms with van der Waals surface area (Å²) in [5.41, 5.74) is 7.35. The number of hydrogen-bond donors (Lipinski definition) is 1. The largest absolute Gasteiger partial charge is 0.457 e. The summed E-state index contributed by atoms with van der Waals surface area (Å²) < 4.78 is 5.71. The minimum atomic E-state index is 0.573. The van der Waals surface area contributed by atoms with E-state index in [2.05, 4.69) is 0 Å². The van der Waals surface area contributed by atoms with E-state index in [4.69, 9.17) is 22.1 Å². The lowest BCUT2D eigenvalue weighted by Gasteiger charge is -2.09. The molecule has 82 valence electrons. The SMILES string of the molecule is Cc1ccccc1Oc1cc(N)cc(Cl)c1. The normalized spacial score (nSPS) is 10.1. The van der Waals surface area contributed by atoms with Crippen LogP contribution in [0, 0.1) is 6.92 Å². The number of benzene rings is 2. The van der Waals surface area contributed by atoms with Gasteiger partial charge in [-0.1, -0.05) is 29.8 Å². The van der Waals surface area contributed by atoms with Crippen LogP contribution in [0.5, 0.6) is 11.5 Å². The quantitative estimate of drug-likeness (QED) is 0.795. The van der Waals surface area contributed by atoms with Gasteiger partial charge >= 0.3 is 0 Å². The zero-order valence-corrected chi connectivity index (χ0v) is 9.66. The Balaban J connectivity index is 2.30. The van der Waals surface area contributed by atoms with Crippen LogP contribution in [0.15, 0.2) is 42.5 Å².